The summed E-state index contributed by atoms with van der Waals surface area (Å²) in [5, 5.41) is 4.16. The highest BCUT2D eigenvalue weighted by Gasteiger charge is 2.31. The summed E-state index contributed by atoms with van der Waals surface area (Å²) in [6, 6.07) is 3.32. The van der Waals surface area contributed by atoms with Gasteiger partial charge in [0.1, 0.15) is 11.6 Å². The summed E-state index contributed by atoms with van der Waals surface area (Å²) in [6.45, 7) is 3.26. The van der Waals surface area contributed by atoms with Gasteiger partial charge in [0.25, 0.3) is 0 Å². The van der Waals surface area contributed by atoms with Crippen LogP contribution in [-0.4, -0.2) is 38.8 Å². The van der Waals surface area contributed by atoms with Crippen LogP contribution in [0.25, 0.3) is 5.65 Å². The summed E-state index contributed by atoms with van der Waals surface area (Å²) < 4.78 is 21.6. The van der Waals surface area contributed by atoms with Gasteiger partial charge in [-0.2, -0.15) is 5.10 Å². The van der Waals surface area contributed by atoms with Crippen LogP contribution in [0.3, 0.4) is 0 Å². The van der Waals surface area contributed by atoms with E-state index in [9.17, 15) is 4.39 Å². The molecular formula is C19H24FN7O. The second-order valence-electron chi connectivity index (χ2n) is 7.06. The number of nitrogens with two attached hydrogens (primary N) is 2. The first-order chi connectivity index (χ1) is 13.6. The maximum atomic E-state index is 14.0. The van der Waals surface area contributed by atoms with E-state index < -0.39 is 0 Å². The minimum atomic E-state index is -0.385. The lowest BCUT2D eigenvalue weighted by atomic mass is 10.1. The molecule has 1 aliphatic rings. The normalized spacial score (nSPS) is 18.0. The third-order valence-electron chi connectivity index (χ3n) is 5.02. The summed E-state index contributed by atoms with van der Waals surface area (Å²) in [5.41, 5.74) is 13.4. The van der Waals surface area contributed by atoms with Gasteiger partial charge in [-0.15, -0.1) is 0 Å². The van der Waals surface area contributed by atoms with Crippen LogP contribution in [-0.2, 0) is 0 Å². The third-order valence-corrected chi connectivity index (χ3v) is 5.02. The van der Waals surface area contributed by atoms with Gasteiger partial charge in [0.2, 0.25) is 5.88 Å². The smallest absolute Gasteiger partial charge is 0.219 e. The van der Waals surface area contributed by atoms with Crippen LogP contribution in [0.2, 0.25) is 0 Å². The highest BCUT2D eigenvalue weighted by atomic mass is 19.1. The second-order valence-corrected chi connectivity index (χ2v) is 7.06. The molecular weight excluding hydrogens is 361 g/mol. The first-order valence-electron chi connectivity index (χ1n) is 9.45. The van der Waals surface area contributed by atoms with E-state index in [0.29, 0.717) is 30.2 Å². The Kier molecular flexibility index (Phi) is 4.99. The number of pyridine rings is 1. The number of nitrogens with zero attached hydrogens (tertiary/aromatic N) is 5. The minimum Gasteiger partial charge on any atom is -0.474 e. The molecule has 148 valence electrons. The van der Waals surface area contributed by atoms with Crippen molar-refractivity contribution in [3.63, 3.8) is 0 Å². The van der Waals surface area contributed by atoms with E-state index >= 15 is 0 Å². The number of rotatable bonds is 6. The Morgan fingerprint density at radius 2 is 2.25 bits per heavy atom. The van der Waals surface area contributed by atoms with Crippen molar-refractivity contribution in [3.05, 3.63) is 42.1 Å². The summed E-state index contributed by atoms with van der Waals surface area (Å²) in [5.74, 6) is 0.834. The van der Waals surface area contributed by atoms with Crippen molar-refractivity contribution in [2.24, 2.45) is 5.73 Å². The molecule has 0 saturated carbocycles. The number of fused-ring (bicyclic) bond motifs is 1. The predicted octanol–water partition coefficient (Wildman–Crippen LogP) is 2.30. The SMILES string of the molecule is C[C@@H](CCN)Oc1ncc(F)cc1[C@H]1CCCN1c1ccn2ncc(N)c2n1. The van der Waals surface area contributed by atoms with Crippen LogP contribution in [0.4, 0.5) is 15.9 Å². The van der Waals surface area contributed by atoms with Gasteiger partial charge in [-0.1, -0.05) is 0 Å². The lowest BCUT2D eigenvalue weighted by molar-refractivity contribution is 0.201. The number of hydrogen-bond acceptors (Lipinski definition) is 7. The van der Waals surface area contributed by atoms with Crippen LogP contribution < -0.4 is 21.1 Å². The molecule has 0 unspecified atom stereocenters. The Bertz CT molecular complexity index is 976. The first-order valence-corrected chi connectivity index (χ1v) is 9.45. The molecule has 9 heteroatoms. The summed E-state index contributed by atoms with van der Waals surface area (Å²) in [4.78, 5) is 11.0. The van der Waals surface area contributed by atoms with Gasteiger partial charge < -0.3 is 21.1 Å². The van der Waals surface area contributed by atoms with Crippen LogP contribution in [0.1, 0.15) is 37.8 Å². The molecule has 3 aromatic rings. The molecule has 0 bridgehead atoms. The lowest BCUT2D eigenvalue weighted by Crippen LogP contribution is -2.25. The van der Waals surface area contributed by atoms with Crippen molar-refractivity contribution in [3.8, 4) is 5.88 Å². The summed E-state index contributed by atoms with van der Waals surface area (Å²) in [6.07, 6.45) is 7.01. The largest absolute Gasteiger partial charge is 0.474 e. The van der Waals surface area contributed by atoms with E-state index in [1.165, 1.54) is 12.3 Å². The zero-order valence-corrected chi connectivity index (χ0v) is 15.8. The number of nitrogen functional groups attached to an aromatic ring is 1. The Labute approximate surface area is 162 Å². The van der Waals surface area contributed by atoms with Gasteiger partial charge in [0.05, 0.1) is 30.2 Å². The van der Waals surface area contributed by atoms with Crippen molar-refractivity contribution in [1.82, 2.24) is 19.6 Å². The standard InChI is InChI=1S/C19H24FN7O/c1-12(4-6-21)28-19-14(9-13(20)10-23-19)16-3-2-7-26(16)17-5-8-27-18(25-17)15(22)11-24-27/h5,8-12,16H,2-4,6-7,21-22H2,1H3/t12-,16+/m0/s1. The molecule has 0 spiro atoms. The molecule has 1 fully saturated rings. The molecule has 3 aromatic heterocycles. The van der Waals surface area contributed by atoms with Gasteiger partial charge in [0.15, 0.2) is 5.65 Å². The molecule has 0 amide bonds. The van der Waals surface area contributed by atoms with Crippen molar-refractivity contribution in [2.45, 2.75) is 38.3 Å². The van der Waals surface area contributed by atoms with Crippen molar-refractivity contribution >= 4 is 17.2 Å². The van der Waals surface area contributed by atoms with Gasteiger partial charge in [0, 0.05) is 18.3 Å². The van der Waals surface area contributed by atoms with E-state index in [1.54, 1.807) is 10.7 Å². The Morgan fingerprint density at radius 1 is 1.39 bits per heavy atom. The Morgan fingerprint density at radius 3 is 3.07 bits per heavy atom. The highest BCUT2D eigenvalue weighted by molar-refractivity contribution is 5.65. The van der Waals surface area contributed by atoms with E-state index in [0.717, 1.165) is 30.8 Å². The maximum Gasteiger partial charge on any atom is 0.219 e. The lowest BCUT2D eigenvalue weighted by Gasteiger charge is -2.27. The summed E-state index contributed by atoms with van der Waals surface area (Å²) >= 11 is 0. The highest BCUT2D eigenvalue weighted by Crippen LogP contribution is 2.39. The topological polar surface area (TPSA) is 108 Å². The van der Waals surface area contributed by atoms with E-state index in [-0.39, 0.29) is 18.0 Å². The molecule has 4 rings (SSSR count). The maximum absolute atomic E-state index is 14.0. The van der Waals surface area contributed by atoms with Crippen LogP contribution in [0, 0.1) is 5.82 Å². The van der Waals surface area contributed by atoms with Crippen LogP contribution >= 0.6 is 0 Å². The Hall–Kier alpha value is -2.94. The summed E-state index contributed by atoms with van der Waals surface area (Å²) in [7, 11) is 0. The van der Waals surface area contributed by atoms with Crippen molar-refractivity contribution in [2.75, 3.05) is 23.7 Å². The first kappa shape index (κ1) is 18.4. The second kappa shape index (κ2) is 7.59. The van der Waals surface area contributed by atoms with E-state index in [1.807, 2.05) is 19.2 Å². The van der Waals surface area contributed by atoms with Gasteiger partial charge >= 0.3 is 0 Å². The van der Waals surface area contributed by atoms with Crippen molar-refractivity contribution in [1.29, 1.82) is 0 Å². The molecule has 0 aromatic carbocycles. The number of ether oxygens (including phenoxy) is 1. The monoisotopic (exact) mass is 385 g/mol. The zero-order chi connectivity index (χ0) is 19.7. The zero-order valence-electron chi connectivity index (χ0n) is 15.8. The fourth-order valence-corrected chi connectivity index (χ4v) is 3.67. The van der Waals surface area contributed by atoms with E-state index in [4.69, 9.17) is 16.2 Å². The molecule has 0 aliphatic carbocycles. The van der Waals surface area contributed by atoms with Gasteiger partial charge in [-0.25, -0.2) is 18.9 Å². The van der Waals surface area contributed by atoms with Gasteiger partial charge in [-0.3, -0.25) is 0 Å². The molecule has 28 heavy (non-hydrogen) atoms. The van der Waals surface area contributed by atoms with E-state index in [2.05, 4.69) is 20.0 Å². The fraction of sp³-hybridized carbons (Fsp3) is 0.421. The molecule has 0 radical (unpaired) electrons. The quantitative estimate of drug-likeness (QED) is 0.670. The van der Waals surface area contributed by atoms with Crippen molar-refractivity contribution < 1.29 is 9.13 Å². The fourth-order valence-electron chi connectivity index (χ4n) is 3.67. The molecule has 8 nitrogen and oxygen atoms in total. The van der Waals surface area contributed by atoms with Crippen LogP contribution in [0.5, 0.6) is 5.88 Å². The predicted molar refractivity (Wildman–Crippen MR) is 105 cm³/mol. The average molecular weight is 385 g/mol. The number of hydrogen-bond donors (Lipinski definition) is 2. The Balaban J connectivity index is 1.69. The molecule has 1 saturated heterocycles. The third kappa shape index (κ3) is 3.45. The molecule has 4 heterocycles. The number of anilines is 2. The molecule has 4 N–H and O–H groups in total. The molecule has 1 aliphatic heterocycles. The minimum absolute atomic E-state index is 0.0811. The molecule has 2 atom stereocenters. The number of aromatic nitrogens is 4. The van der Waals surface area contributed by atoms with Gasteiger partial charge in [-0.05, 0) is 44.9 Å². The number of halogens is 1. The average Bonchev–Trinajstić information content (AvgIpc) is 3.30. The van der Waals surface area contributed by atoms with Crippen LogP contribution in [0.15, 0.2) is 30.7 Å².